The summed E-state index contributed by atoms with van der Waals surface area (Å²) in [4.78, 5) is 16.1. The van der Waals surface area contributed by atoms with Crippen LogP contribution in [0.2, 0.25) is 0 Å². The van der Waals surface area contributed by atoms with Gasteiger partial charge in [-0.1, -0.05) is 12.2 Å². The van der Waals surface area contributed by atoms with Gasteiger partial charge in [0.25, 0.3) is 0 Å². The number of hydrogen-bond donors (Lipinski definition) is 2. The molecule has 4 nitrogen and oxygen atoms in total. The average Bonchev–Trinajstić information content (AvgIpc) is 2.50. The van der Waals surface area contributed by atoms with Crippen molar-refractivity contribution in [1.29, 1.82) is 0 Å². The molecule has 0 saturated carbocycles. The van der Waals surface area contributed by atoms with Crippen molar-refractivity contribution in [3.63, 3.8) is 0 Å². The number of aromatic amines is 2. The van der Waals surface area contributed by atoms with E-state index in [-0.39, 0.29) is 5.69 Å². The maximum atomic E-state index is 11.1. The standard InChI is InChI=1S/C9H8N2O2S/c1-5-2-3-7(13-5)6-4-8(14)11-9(12)10-6/h2-4H,1H3,(H2,10,11,12,14). The molecule has 0 bridgehead atoms. The molecule has 0 unspecified atom stereocenters. The molecule has 0 spiro atoms. The summed E-state index contributed by atoms with van der Waals surface area (Å²) in [5.41, 5.74) is 0.258. The van der Waals surface area contributed by atoms with Crippen LogP contribution in [0.15, 0.2) is 27.4 Å². The van der Waals surface area contributed by atoms with Gasteiger partial charge in [-0.05, 0) is 19.1 Å². The highest BCUT2D eigenvalue weighted by Gasteiger charge is 2.03. The first kappa shape index (κ1) is 8.96. The zero-order valence-electron chi connectivity index (χ0n) is 7.46. The van der Waals surface area contributed by atoms with Crippen LogP contribution in [-0.2, 0) is 0 Å². The van der Waals surface area contributed by atoms with Crippen molar-refractivity contribution in [2.75, 3.05) is 0 Å². The molecule has 0 aliphatic heterocycles. The Morgan fingerprint density at radius 2 is 2.14 bits per heavy atom. The van der Waals surface area contributed by atoms with E-state index < -0.39 is 0 Å². The highest BCUT2D eigenvalue weighted by Crippen LogP contribution is 2.17. The van der Waals surface area contributed by atoms with Gasteiger partial charge in [-0.3, -0.25) is 4.98 Å². The fourth-order valence-electron chi connectivity index (χ4n) is 1.18. The van der Waals surface area contributed by atoms with E-state index >= 15 is 0 Å². The van der Waals surface area contributed by atoms with Gasteiger partial charge in [0.2, 0.25) is 0 Å². The average molecular weight is 208 g/mol. The second-order valence-corrected chi connectivity index (χ2v) is 3.35. The first-order valence-corrected chi connectivity index (χ1v) is 4.46. The Bertz CT molecular complexity index is 536. The summed E-state index contributed by atoms with van der Waals surface area (Å²) in [6.45, 7) is 1.84. The minimum Gasteiger partial charge on any atom is -0.460 e. The van der Waals surface area contributed by atoms with E-state index in [0.29, 0.717) is 16.1 Å². The molecule has 0 saturated heterocycles. The SMILES string of the molecule is Cc1ccc(-c2cc(=S)[nH]c(=O)[nH]2)o1. The number of aromatic nitrogens is 2. The molecular weight excluding hydrogens is 200 g/mol. The van der Waals surface area contributed by atoms with E-state index in [1.807, 2.05) is 13.0 Å². The van der Waals surface area contributed by atoms with Gasteiger partial charge in [-0.25, -0.2) is 4.79 Å². The first-order chi connectivity index (χ1) is 6.65. The molecule has 2 N–H and O–H groups in total. The summed E-state index contributed by atoms with van der Waals surface area (Å²) in [6.07, 6.45) is 0. The van der Waals surface area contributed by atoms with Crippen LogP contribution in [0.4, 0.5) is 0 Å². The van der Waals surface area contributed by atoms with Crippen molar-refractivity contribution in [1.82, 2.24) is 9.97 Å². The van der Waals surface area contributed by atoms with E-state index in [0.717, 1.165) is 5.76 Å². The Kier molecular flexibility index (Phi) is 2.09. The molecule has 2 aromatic heterocycles. The first-order valence-electron chi connectivity index (χ1n) is 4.05. The topological polar surface area (TPSA) is 61.8 Å². The largest absolute Gasteiger partial charge is 0.460 e. The Morgan fingerprint density at radius 3 is 2.71 bits per heavy atom. The third kappa shape index (κ3) is 1.67. The van der Waals surface area contributed by atoms with Crippen molar-refractivity contribution in [2.24, 2.45) is 0 Å². The predicted molar refractivity (Wildman–Crippen MR) is 54.7 cm³/mol. The molecule has 14 heavy (non-hydrogen) atoms. The second kappa shape index (κ2) is 3.26. The number of nitrogens with one attached hydrogen (secondary N) is 2. The van der Waals surface area contributed by atoms with Crippen LogP contribution >= 0.6 is 12.2 Å². The Morgan fingerprint density at radius 1 is 1.36 bits per heavy atom. The molecule has 0 amide bonds. The highest BCUT2D eigenvalue weighted by atomic mass is 32.1. The maximum Gasteiger partial charge on any atom is 0.324 e. The lowest BCUT2D eigenvalue weighted by atomic mass is 10.3. The van der Waals surface area contributed by atoms with Crippen LogP contribution in [0.1, 0.15) is 5.76 Å². The molecule has 0 fully saturated rings. The minimum absolute atomic E-state index is 0.332. The summed E-state index contributed by atoms with van der Waals surface area (Å²) in [5.74, 6) is 1.40. The summed E-state index contributed by atoms with van der Waals surface area (Å²) in [7, 11) is 0. The van der Waals surface area contributed by atoms with Crippen LogP contribution in [0.25, 0.3) is 11.5 Å². The molecule has 0 radical (unpaired) electrons. The zero-order valence-corrected chi connectivity index (χ0v) is 8.27. The second-order valence-electron chi connectivity index (χ2n) is 2.91. The third-order valence-electron chi connectivity index (χ3n) is 1.77. The van der Waals surface area contributed by atoms with Gasteiger partial charge < -0.3 is 9.40 Å². The summed E-state index contributed by atoms with van der Waals surface area (Å²) < 4.78 is 5.74. The van der Waals surface area contributed by atoms with E-state index in [1.54, 1.807) is 12.1 Å². The normalized spacial score (nSPS) is 10.4. The van der Waals surface area contributed by atoms with Crippen LogP contribution in [0.5, 0.6) is 0 Å². The molecule has 2 aromatic rings. The lowest BCUT2D eigenvalue weighted by Gasteiger charge is -1.95. The molecule has 0 atom stereocenters. The number of hydrogen-bond acceptors (Lipinski definition) is 3. The fraction of sp³-hybridized carbons (Fsp3) is 0.111. The zero-order chi connectivity index (χ0) is 10.1. The number of rotatable bonds is 1. The quantitative estimate of drug-likeness (QED) is 0.704. The molecule has 0 aliphatic rings. The molecule has 5 heteroatoms. The maximum absolute atomic E-state index is 11.1. The molecule has 2 rings (SSSR count). The lowest BCUT2D eigenvalue weighted by Crippen LogP contribution is -2.10. The van der Waals surface area contributed by atoms with Gasteiger partial charge in [-0.15, -0.1) is 0 Å². The van der Waals surface area contributed by atoms with Crippen LogP contribution in [0.3, 0.4) is 0 Å². The van der Waals surface area contributed by atoms with Crippen LogP contribution < -0.4 is 5.69 Å². The number of furan rings is 1. The molecule has 72 valence electrons. The Balaban J connectivity index is 2.62. The van der Waals surface area contributed by atoms with E-state index in [1.165, 1.54) is 0 Å². The van der Waals surface area contributed by atoms with Crippen LogP contribution in [0, 0.1) is 11.6 Å². The Labute approximate surface area is 84.6 Å². The number of aryl methyl sites for hydroxylation is 1. The van der Waals surface area contributed by atoms with Gasteiger partial charge in [-0.2, -0.15) is 0 Å². The van der Waals surface area contributed by atoms with Crippen molar-refractivity contribution in [3.05, 3.63) is 39.1 Å². The fourth-order valence-corrected chi connectivity index (χ4v) is 1.39. The van der Waals surface area contributed by atoms with Crippen molar-refractivity contribution >= 4 is 12.2 Å². The predicted octanol–water partition coefficient (Wildman–Crippen LogP) is 2.00. The summed E-state index contributed by atoms with van der Waals surface area (Å²) >= 11 is 4.88. The molecular formula is C9H8N2O2S. The Hall–Kier alpha value is -1.62. The monoisotopic (exact) mass is 208 g/mol. The van der Waals surface area contributed by atoms with Crippen molar-refractivity contribution in [2.45, 2.75) is 6.92 Å². The molecule has 0 aromatic carbocycles. The number of H-pyrrole nitrogens is 2. The smallest absolute Gasteiger partial charge is 0.324 e. The molecule has 2 heterocycles. The van der Waals surface area contributed by atoms with E-state index in [4.69, 9.17) is 16.6 Å². The van der Waals surface area contributed by atoms with Crippen LogP contribution in [-0.4, -0.2) is 9.97 Å². The lowest BCUT2D eigenvalue weighted by molar-refractivity contribution is 0.546. The molecule has 0 aliphatic carbocycles. The van der Waals surface area contributed by atoms with Gasteiger partial charge in [0.1, 0.15) is 10.4 Å². The van der Waals surface area contributed by atoms with Gasteiger partial charge >= 0.3 is 5.69 Å². The van der Waals surface area contributed by atoms with Gasteiger partial charge in [0, 0.05) is 6.07 Å². The third-order valence-corrected chi connectivity index (χ3v) is 1.99. The van der Waals surface area contributed by atoms with Crippen molar-refractivity contribution in [3.8, 4) is 11.5 Å². The highest BCUT2D eigenvalue weighted by molar-refractivity contribution is 7.71. The van der Waals surface area contributed by atoms with Gasteiger partial charge in [0.05, 0.1) is 5.69 Å². The van der Waals surface area contributed by atoms with E-state index in [2.05, 4.69) is 9.97 Å². The van der Waals surface area contributed by atoms with Crippen molar-refractivity contribution < 1.29 is 4.42 Å². The van der Waals surface area contributed by atoms with Gasteiger partial charge in [0.15, 0.2) is 5.76 Å². The minimum atomic E-state index is -0.332. The summed E-state index contributed by atoms with van der Waals surface area (Å²) in [6, 6.07) is 5.26. The summed E-state index contributed by atoms with van der Waals surface area (Å²) in [5, 5.41) is 0. The van der Waals surface area contributed by atoms with E-state index in [9.17, 15) is 4.79 Å².